The summed E-state index contributed by atoms with van der Waals surface area (Å²) in [6, 6.07) is 0. The van der Waals surface area contributed by atoms with Crippen LogP contribution in [0.3, 0.4) is 0 Å². The van der Waals surface area contributed by atoms with Crippen molar-refractivity contribution in [1.29, 1.82) is 0 Å². The van der Waals surface area contributed by atoms with Gasteiger partial charge in [0, 0.05) is 12.1 Å². The summed E-state index contributed by atoms with van der Waals surface area (Å²) >= 11 is 0. The SMILES string of the molecule is NC1=CC=C2C(=O)CCCC2C1. The van der Waals surface area contributed by atoms with Crippen LogP contribution in [-0.2, 0) is 4.79 Å². The first-order chi connectivity index (χ1) is 5.77. The highest BCUT2D eigenvalue weighted by Gasteiger charge is 2.26. The zero-order valence-electron chi connectivity index (χ0n) is 7.05. The van der Waals surface area contributed by atoms with E-state index in [2.05, 4.69) is 0 Å². The molecule has 1 fully saturated rings. The van der Waals surface area contributed by atoms with Crippen molar-refractivity contribution in [2.24, 2.45) is 11.7 Å². The molecule has 64 valence electrons. The number of carbonyl (C=O) groups excluding carboxylic acids is 1. The van der Waals surface area contributed by atoms with Gasteiger partial charge in [-0.3, -0.25) is 4.79 Å². The minimum absolute atomic E-state index is 0.329. The topological polar surface area (TPSA) is 43.1 Å². The van der Waals surface area contributed by atoms with E-state index in [0.29, 0.717) is 11.7 Å². The van der Waals surface area contributed by atoms with Crippen LogP contribution in [0.1, 0.15) is 25.7 Å². The van der Waals surface area contributed by atoms with Gasteiger partial charge in [-0.05, 0) is 36.8 Å². The van der Waals surface area contributed by atoms with Crippen molar-refractivity contribution in [2.75, 3.05) is 0 Å². The van der Waals surface area contributed by atoms with Gasteiger partial charge in [0.15, 0.2) is 5.78 Å². The maximum Gasteiger partial charge on any atom is 0.159 e. The first-order valence-corrected chi connectivity index (χ1v) is 4.47. The van der Waals surface area contributed by atoms with E-state index in [1.54, 1.807) is 0 Å². The molecule has 0 aromatic heterocycles. The summed E-state index contributed by atoms with van der Waals surface area (Å²) in [7, 11) is 0. The Morgan fingerprint density at radius 1 is 1.42 bits per heavy atom. The summed E-state index contributed by atoms with van der Waals surface area (Å²) in [4.78, 5) is 11.4. The summed E-state index contributed by atoms with van der Waals surface area (Å²) < 4.78 is 0. The third-order valence-electron chi connectivity index (χ3n) is 2.68. The van der Waals surface area contributed by atoms with Crippen molar-refractivity contribution >= 4 is 5.78 Å². The van der Waals surface area contributed by atoms with Gasteiger partial charge in [-0.1, -0.05) is 6.08 Å². The molecule has 12 heavy (non-hydrogen) atoms. The van der Waals surface area contributed by atoms with Gasteiger partial charge in [0.2, 0.25) is 0 Å². The van der Waals surface area contributed by atoms with Crippen LogP contribution in [0.25, 0.3) is 0 Å². The maximum absolute atomic E-state index is 11.4. The van der Waals surface area contributed by atoms with Gasteiger partial charge in [0.05, 0.1) is 0 Å². The average Bonchev–Trinajstić information content (AvgIpc) is 2.04. The van der Waals surface area contributed by atoms with Crippen LogP contribution in [-0.4, -0.2) is 5.78 Å². The van der Waals surface area contributed by atoms with E-state index in [1.807, 2.05) is 12.2 Å². The normalized spacial score (nSPS) is 29.0. The first-order valence-electron chi connectivity index (χ1n) is 4.47. The molecular weight excluding hydrogens is 150 g/mol. The lowest BCUT2D eigenvalue weighted by atomic mass is 9.78. The van der Waals surface area contributed by atoms with Crippen LogP contribution >= 0.6 is 0 Å². The van der Waals surface area contributed by atoms with E-state index in [9.17, 15) is 4.79 Å². The minimum atomic E-state index is 0.329. The Morgan fingerprint density at radius 3 is 3.08 bits per heavy atom. The Labute approximate surface area is 72.1 Å². The molecule has 1 unspecified atom stereocenters. The van der Waals surface area contributed by atoms with Crippen LogP contribution in [0.2, 0.25) is 0 Å². The molecule has 0 saturated heterocycles. The number of Topliss-reactive ketones (excluding diaryl/α,β-unsaturated/α-hetero) is 1. The molecule has 0 aromatic carbocycles. The lowest BCUT2D eigenvalue weighted by Crippen LogP contribution is -2.23. The van der Waals surface area contributed by atoms with Gasteiger partial charge < -0.3 is 5.73 Å². The van der Waals surface area contributed by atoms with E-state index in [0.717, 1.165) is 37.0 Å². The Kier molecular flexibility index (Phi) is 1.75. The highest BCUT2D eigenvalue weighted by molar-refractivity contribution is 5.97. The van der Waals surface area contributed by atoms with Crippen molar-refractivity contribution in [1.82, 2.24) is 0 Å². The lowest BCUT2D eigenvalue weighted by molar-refractivity contribution is -0.117. The van der Waals surface area contributed by atoms with Crippen LogP contribution in [0.5, 0.6) is 0 Å². The lowest BCUT2D eigenvalue weighted by Gasteiger charge is -2.26. The molecular formula is C10H13NO. The van der Waals surface area contributed by atoms with Gasteiger partial charge in [-0.15, -0.1) is 0 Å². The number of ketones is 1. The minimum Gasteiger partial charge on any atom is -0.402 e. The van der Waals surface area contributed by atoms with Crippen LogP contribution < -0.4 is 5.73 Å². The Hall–Kier alpha value is -1.05. The number of hydrogen-bond acceptors (Lipinski definition) is 2. The van der Waals surface area contributed by atoms with Crippen LogP contribution in [0, 0.1) is 5.92 Å². The zero-order chi connectivity index (χ0) is 8.55. The summed E-state index contributed by atoms with van der Waals surface area (Å²) in [5.41, 5.74) is 7.62. The van der Waals surface area contributed by atoms with Crippen molar-refractivity contribution < 1.29 is 4.79 Å². The second kappa shape index (κ2) is 2.77. The highest BCUT2D eigenvalue weighted by atomic mass is 16.1. The van der Waals surface area contributed by atoms with Crippen molar-refractivity contribution in [2.45, 2.75) is 25.7 Å². The Morgan fingerprint density at radius 2 is 2.25 bits per heavy atom. The molecule has 0 heterocycles. The van der Waals surface area contributed by atoms with Crippen molar-refractivity contribution in [3.05, 3.63) is 23.4 Å². The van der Waals surface area contributed by atoms with Crippen LogP contribution in [0.4, 0.5) is 0 Å². The van der Waals surface area contributed by atoms with Crippen LogP contribution in [0.15, 0.2) is 23.4 Å². The standard InChI is InChI=1S/C10H13NO/c11-8-4-5-9-7(6-8)2-1-3-10(9)12/h4-5,7H,1-3,6,11H2. The van der Waals surface area contributed by atoms with E-state index in [-0.39, 0.29) is 0 Å². The molecule has 0 aromatic rings. The molecule has 1 atom stereocenters. The second-order valence-corrected chi connectivity index (χ2v) is 3.58. The summed E-state index contributed by atoms with van der Waals surface area (Å²) in [5, 5.41) is 0. The maximum atomic E-state index is 11.4. The zero-order valence-corrected chi connectivity index (χ0v) is 7.05. The fraction of sp³-hybridized carbons (Fsp3) is 0.500. The molecule has 2 N–H and O–H groups in total. The molecule has 0 amide bonds. The first kappa shape index (κ1) is 7.59. The van der Waals surface area contributed by atoms with E-state index < -0.39 is 0 Å². The van der Waals surface area contributed by atoms with Gasteiger partial charge in [-0.2, -0.15) is 0 Å². The third kappa shape index (κ3) is 1.17. The molecule has 2 heteroatoms. The molecule has 0 bridgehead atoms. The molecule has 2 aliphatic carbocycles. The quantitative estimate of drug-likeness (QED) is 0.588. The number of carbonyl (C=O) groups is 1. The summed E-state index contributed by atoms with van der Waals surface area (Å²) in [6.45, 7) is 0. The number of rotatable bonds is 0. The molecule has 2 nitrogen and oxygen atoms in total. The molecule has 0 radical (unpaired) electrons. The van der Waals surface area contributed by atoms with E-state index in [1.165, 1.54) is 0 Å². The van der Waals surface area contributed by atoms with Gasteiger partial charge in [-0.25, -0.2) is 0 Å². The smallest absolute Gasteiger partial charge is 0.159 e. The highest BCUT2D eigenvalue weighted by Crippen LogP contribution is 2.33. The number of hydrogen-bond donors (Lipinski definition) is 1. The molecule has 1 saturated carbocycles. The molecule has 0 aliphatic heterocycles. The van der Waals surface area contributed by atoms with Crippen molar-refractivity contribution in [3.63, 3.8) is 0 Å². The molecule has 2 aliphatic rings. The second-order valence-electron chi connectivity index (χ2n) is 3.58. The average molecular weight is 163 g/mol. The van der Waals surface area contributed by atoms with Gasteiger partial charge in [0.25, 0.3) is 0 Å². The van der Waals surface area contributed by atoms with Gasteiger partial charge >= 0.3 is 0 Å². The summed E-state index contributed by atoms with van der Waals surface area (Å²) in [5.74, 6) is 0.756. The fourth-order valence-corrected chi connectivity index (χ4v) is 2.03. The van der Waals surface area contributed by atoms with E-state index in [4.69, 9.17) is 5.73 Å². The van der Waals surface area contributed by atoms with Crippen molar-refractivity contribution in [3.8, 4) is 0 Å². The predicted molar refractivity (Wildman–Crippen MR) is 47.3 cm³/mol. The summed E-state index contributed by atoms with van der Waals surface area (Å²) in [6.07, 6.45) is 7.56. The largest absolute Gasteiger partial charge is 0.402 e. The Balaban J connectivity index is 2.28. The predicted octanol–water partition coefficient (Wildman–Crippen LogP) is 1.53. The molecule has 0 spiro atoms. The molecule has 2 rings (SSSR count). The third-order valence-corrected chi connectivity index (χ3v) is 2.68. The monoisotopic (exact) mass is 163 g/mol. The fourth-order valence-electron chi connectivity index (χ4n) is 2.03. The Bertz CT molecular complexity index is 276. The number of allylic oxidation sites excluding steroid dienone is 4. The van der Waals surface area contributed by atoms with E-state index >= 15 is 0 Å². The number of fused-ring (bicyclic) bond motifs is 1. The van der Waals surface area contributed by atoms with Gasteiger partial charge in [0.1, 0.15) is 0 Å². The number of nitrogens with two attached hydrogens (primary N) is 1.